The van der Waals surface area contributed by atoms with Crippen LogP contribution in [-0.4, -0.2) is 30.2 Å². The fourth-order valence-electron chi connectivity index (χ4n) is 5.29. The van der Waals surface area contributed by atoms with Gasteiger partial charge >= 0.3 is 13.6 Å². The number of nitrogens with two attached hydrogens (primary N) is 1. The van der Waals surface area contributed by atoms with Gasteiger partial charge in [-0.3, -0.25) is 9.32 Å². The van der Waals surface area contributed by atoms with Crippen LogP contribution in [0.15, 0.2) is 57.9 Å². The Morgan fingerprint density at radius 1 is 1.00 bits per heavy atom. The van der Waals surface area contributed by atoms with Crippen molar-refractivity contribution in [1.29, 1.82) is 0 Å². The van der Waals surface area contributed by atoms with Gasteiger partial charge in [0.1, 0.15) is 5.82 Å². The summed E-state index contributed by atoms with van der Waals surface area (Å²) in [6.07, 6.45) is 1.62. The van der Waals surface area contributed by atoms with E-state index in [1.807, 2.05) is 6.92 Å². The van der Waals surface area contributed by atoms with Gasteiger partial charge in [0.2, 0.25) is 11.9 Å². The Bertz CT molecular complexity index is 1730. The van der Waals surface area contributed by atoms with Crippen molar-refractivity contribution in [3.8, 4) is 0 Å². The van der Waals surface area contributed by atoms with Gasteiger partial charge in [-0.2, -0.15) is 4.98 Å². The number of amides is 1. The lowest BCUT2D eigenvalue weighted by Gasteiger charge is -2.52. The number of anilines is 4. The lowest BCUT2D eigenvalue weighted by atomic mass is 9.68. The SMILES string of the molecule is Cc1cnc(Nc2ccc(C(N)=O)cc2)nc1Nc1ccc2oc(=O)n(C(OP(=O)(O)O)(C(C)(C)C)C(C)(C)C)c2c1. The molecule has 0 saturated heterocycles. The predicted octanol–water partition coefficient (Wildman–Crippen LogP) is 5.13. The van der Waals surface area contributed by atoms with Crippen LogP contribution in [0.5, 0.6) is 0 Å². The topological polar surface area (TPSA) is 195 Å². The summed E-state index contributed by atoms with van der Waals surface area (Å²) in [5.74, 6) is -0.615. The second-order valence-corrected chi connectivity index (χ2v) is 13.2. The van der Waals surface area contributed by atoms with Gasteiger partial charge in [-0.15, -0.1) is 0 Å². The highest BCUT2D eigenvalue weighted by Gasteiger charge is 2.58. The molecule has 0 aliphatic rings. The fraction of sp³-hybridized carbons (Fsp3) is 0.357. The smallest absolute Gasteiger partial charge is 0.408 e. The van der Waals surface area contributed by atoms with Gasteiger partial charge in [0.05, 0.1) is 5.52 Å². The maximum Gasteiger partial charge on any atom is 0.471 e. The number of fused-ring (bicyclic) bond motifs is 1. The highest BCUT2D eigenvalue weighted by atomic mass is 31.2. The Labute approximate surface area is 242 Å². The molecule has 0 saturated carbocycles. The van der Waals surface area contributed by atoms with E-state index in [0.29, 0.717) is 22.8 Å². The Morgan fingerprint density at radius 3 is 2.14 bits per heavy atom. The number of primary amides is 1. The van der Waals surface area contributed by atoms with Crippen LogP contribution in [0.3, 0.4) is 0 Å². The highest BCUT2D eigenvalue weighted by Crippen LogP contribution is 2.58. The number of nitrogens with one attached hydrogen (secondary N) is 2. The summed E-state index contributed by atoms with van der Waals surface area (Å²) in [5.41, 5.74) is 4.22. The number of carbonyl (C=O) groups excluding carboxylic acids is 1. The minimum absolute atomic E-state index is 0.207. The zero-order valence-corrected chi connectivity index (χ0v) is 25.3. The van der Waals surface area contributed by atoms with Crippen molar-refractivity contribution in [2.45, 2.75) is 54.2 Å². The van der Waals surface area contributed by atoms with Crippen LogP contribution < -0.4 is 22.1 Å². The van der Waals surface area contributed by atoms with E-state index in [9.17, 15) is 23.9 Å². The molecule has 0 atom stereocenters. The van der Waals surface area contributed by atoms with Gasteiger partial charge in [0.15, 0.2) is 11.3 Å². The Balaban J connectivity index is 1.79. The van der Waals surface area contributed by atoms with Gasteiger partial charge < -0.3 is 30.6 Å². The molecule has 6 N–H and O–H groups in total. The summed E-state index contributed by atoms with van der Waals surface area (Å²) in [4.78, 5) is 53.5. The van der Waals surface area contributed by atoms with Crippen molar-refractivity contribution in [2.24, 2.45) is 16.6 Å². The van der Waals surface area contributed by atoms with E-state index in [-0.39, 0.29) is 17.0 Å². The first-order chi connectivity index (χ1) is 19.3. The summed E-state index contributed by atoms with van der Waals surface area (Å²) in [5, 5.41) is 6.30. The molecule has 2 heterocycles. The molecule has 1 amide bonds. The normalized spacial score (nSPS) is 12.9. The molecule has 0 aliphatic carbocycles. The number of oxazole rings is 1. The lowest BCUT2D eigenvalue weighted by Crippen LogP contribution is -2.58. The fourth-order valence-corrected chi connectivity index (χ4v) is 6.26. The molecule has 0 radical (unpaired) electrons. The average molecular weight is 599 g/mol. The maximum atomic E-state index is 13.4. The number of carbonyl (C=O) groups is 1. The van der Waals surface area contributed by atoms with Crippen LogP contribution in [0.1, 0.15) is 57.5 Å². The lowest BCUT2D eigenvalue weighted by molar-refractivity contribution is -0.191. The molecule has 224 valence electrons. The number of nitrogens with zero attached hydrogens (tertiary/aromatic N) is 3. The first-order valence-corrected chi connectivity index (χ1v) is 14.6. The molecule has 14 heteroatoms. The zero-order valence-electron chi connectivity index (χ0n) is 24.4. The van der Waals surface area contributed by atoms with E-state index in [0.717, 1.165) is 5.56 Å². The van der Waals surface area contributed by atoms with E-state index < -0.39 is 36.0 Å². The molecule has 4 rings (SSSR count). The summed E-state index contributed by atoms with van der Waals surface area (Å²) < 4.78 is 24.6. The molecule has 0 bridgehead atoms. The highest BCUT2D eigenvalue weighted by molar-refractivity contribution is 7.46. The third-order valence-corrected chi connectivity index (χ3v) is 7.34. The van der Waals surface area contributed by atoms with E-state index in [1.165, 1.54) is 4.57 Å². The summed E-state index contributed by atoms with van der Waals surface area (Å²) in [6.45, 7) is 12.2. The summed E-state index contributed by atoms with van der Waals surface area (Å²) >= 11 is 0. The Kier molecular flexibility index (Phi) is 7.85. The van der Waals surface area contributed by atoms with Gasteiger partial charge in [-0.1, -0.05) is 41.5 Å². The van der Waals surface area contributed by atoms with Crippen molar-refractivity contribution in [3.05, 3.63) is 70.3 Å². The van der Waals surface area contributed by atoms with E-state index in [4.69, 9.17) is 14.7 Å². The van der Waals surface area contributed by atoms with Crippen LogP contribution in [-0.2, 0) is 14.8 Å². The number of aryl methyl sites for hydroxylation is 1. The molecule has 2 aromatic heterocycles. The first kappa shape index (κ1) is 30.9. The molecular weight excluding hydrogens is 563 g/mol. The Hall–Kier alpha value is -4.03. The summed E-state index contributed by atoms with van der Waals surface area (Å²) in [7, 11) is -5.10. The number of benzene rings is 2. The Morgan fingerprint density at radius 2 is 1.60 bits per heavy atom. The number of aromatic nitrogens is 3. The molecular formula is C28H35N6O7P. The quantitative estimate of drug-likeness (QED) is 0.169. The second-order valence-electron chi connectivity index (χ2n) is 12.0. The van der Waals surface area contributed by atoms with Crippen LogP contribution in [0.2, 0.25) is 0 Å². The third kappa shape index (κ3) is 5.95. The standard InChI is InChI=1S/C28H35N6O7P/c1-16-15-30-24(32-18-10-8-17(9-11-18)22(29)35)33-23(16)31-19-12-13-21-20(14-19)34(25(36)40-21)28(26(2,3)4,27(5,6)7)41-42(37,38)39/h8-15H,1-7H3,(H2,29,35)(H2,37,38,39)(H2,30,31,32,33). The van der Waals surface area contributed by atoms with Crippen molar-refractivity contribution in [2.75, 3.05) is 10.6 Å². The van der Waals surface area contributed by atoms with E-state index >= 15 is 0 Å². The second kappa shape index (κ2) is 10.7. The zero-order chi connectivity index (χ0) is 31.3. The van der Waals surface area contributed by atoms with Crippen molar-refractivity contribution in [3.63, 3.8) is 0 Å². The van der Waals surface area contributed by atoms with Crippen molar-refractivity contribution < 1.29 is 28.1 Å². The minimum atomic E-state index is -5.10. The predicted molar refractivity (Wildman–Crippen MR) is 159 cm³/mol. The van der Waals surface area contributed by atoms with Crippen molar-refractivity contribution >= 4 is 48.0 Å². The van der Waals surface area contributed by atoms with Gasteiger partial charge in [0, 0.05) is 39.5 Å². The van der Waals surface area contributed by atoms with Crippen molar-refractivity contribution in [1.82, 2.24) is 14.5 Å². The maximum absolute atomic E-state index is 13.4. The molecule has 2 aromatic carbocycles. The van der Waals surface area contributed by atoms with Crippen LogP contribution in [0, 0.1) is 17.8 Å². The largest absolute Gasteiger partial charge is 0.471 e. The van der Waals surface area contributed by atoms with E-state index in [2.05, 4.69) is 20.6 Å². The van der Waals surface area contributed by atoms with Gasteiger partial charge in [-0.25, -0.2) is 18.9 Å². The van der Waals surface area contributed by atoms with E-state index in [1.54, 1.807) is 90.2 Å². The van der Waals surface area contributed by atoms with Gasteiger partial charge in [0.25, 0.3) is 0 Å². The minimum Gasteiger partial charge on any atom is -0.408 e. The van der Waals surface area contributed by atoms with Crippen LogP contribution >= 0.6 is 7.82 Å². The number of hydrogen-bond acceptors (Lipinski definition) is 9. The van der Waals surface area contributed by atoms with Crippen LogP contribution in [0.25, 0.3) is 11.1 Å². The molecule has 0 aliphatic heterocycles. The number of hydrogen-bond donors (Lipinski definition) is 5. The monoisotopic (exact) mass is 598 g/mol. The number of phosphoric ester groups is 1. The average Bonchev–Trinajstić information content (AvgIpc) is 3.18. The molecule has 0 unspecified atom stereocenters. The molecule has 0 spiro atoms. The molecule has 13 nitrogen and oxygen atoms in total. The molecule has 42 heavy (non-hydrogen) atoms. The summed E-state index contributed by atoms with van der Waals surface area (Å²) in [6, 6.07) is 11.4. The molecule has 4 aromatic rings. The molecule has 0 fully saturated rings. The van der Waals surface area contributed by atoms with Crippen LogP contribution in [0.4, 0.5) is 23.1 Å². The van der Waals surface area contributed by atoms with Gasteiger partial charge in [-0.05, 0) is 49.4 Å². The number of phosphoric acid groups is 1. The first-order valence-electron chi connectivity index (χ1n) is 13.0. The third-order valence-electron chi connectivity index (χ3n) is 6.84. The number of rotatable bonds is 8.